The predicted octanol–water partition coefficient (Wildman–Crippen LogP) is 2.03. The van der Waals surface area contributed by atoms with Crippen LogP contribution in [0.5, 0.6) is 0 Å². The lowest BCUT2D eigenvalue weighted by Crippen LogP contribution is -2.47. The van der Waals surface area contributed by atoms with E-state index in [0.717, 1.165) is 48.3 Å². The zero-order valence-corrected chi connectivity index (χ0v) is 15.2. The SMILES string of the molecule is O=c1cc(-c2ccncc2)nc(N2CCN(c3cccc4cn[nH]c34)CC2)[nH]1. The van der Waals surface area contributed by atoms with Gasteiger partial charge in [0.1, 0.15) is 0 Å². The molecule has 0 bridgehead atoms. The van der Waals surface area contributed by atoms with Crippen LogP contribution < -0.4 is 15.4 Å². The molecule has 3 aromatic heterocycles. The number of hydrogen-bond acceptors (Lipinski definition) is 6. The Morgan fingerprint density at radius 2 is 1.75 bits per heavy atom. The number of pyridine rings is 1. The smallest absolute Gasteiger partial charge is 0.252 e. The molecule has 4 aromatic rings. The third-order valence-corrected chi connectivity index (χ3v) is 5.08. The molecule has 8 nitrogen and oxygen atoms in total. The largest absolute Gasteiger partial charge is 0.366 e. The van der Waals surface area contributed by atoms with Crippen molar-refractivity contribution in [2.75, 3.05) is 36.0 Å². The van der Waals surface area contributed by atoms with E-state index in [1.807, 2.05) is 18.3 Å². The van der Waals surface area contributed by atoms with Crippen molar-refractivity contribution in [3.05, 3.63) is 65.3 Å². The number of fused-ring (bicyclic) bond motifs is 1. The Morgan fingerprint density at radius 3 is 2.57 bits per heavy atom. The fraction of sp³-hybridized carbons (Fsp3) is 0.200. The molecule has 4 heterocycles. The van der Waals surface area contributed by atoms with Crippen LogP contribution in [0.3, 0.4) is 0 Å². The van der Waals surface area contributed by atoms with Gasteiger partial charge in [0.25, 0.3) is 5.56 Å². The van der Waals surface area contributed by atoms with Crippen molar-refractivity contribution in [2.45, 2.75) is 0 Å². The maximum Gasteiger partial charge on any atom is 0.252 e. The highest BCUT2D eigenvalue weighted by Gasteiger charge is 2.21. The first kappa shape index (κ1) is 16.5. The van der Waals surface area contributed by atoms with Gasteiger partial charge in [-0.1, -0.05) is 12.1 Å². The van der Waals surface area contributed by atoms with Gasteiger partial charge in [-0.2, -0.15) is 5.10 Å². The molecule has 0 aliphatic carbocycles. The topological polar surface area (TPSA) is 93.8 Å². The fourth-order valence-corrected chi connectivity index (χ4v) is 3.64. The molecule has 140 valence electrons. The van der Waals surface area contributed by atoms with Gasteiger partial charge >= 0.3 is 0 Å². The molecular formula is C20H19N7O. The number of rotatable bonds is 3. The van der Waals surface area contributed by atoms with Gasteiger partial charge in [0.2, 0.25) is 5.95 Å². The van der Waals surface area contributed by atoms with Crippen LogP contribution in [0.4, 0.5) is 11.6 Å². The number of aromatic amines is 2. The Hall–Kier alpha value is -3.68. The van der Waals surface area contributed by atoms with Crippen LogP contribution in [0.15, 0.2) is 59.8 Å². The maximum atomic E-state index is 12.2. The van der Waals surface area contributed by atoms with E-state index in [1.165, 1.54) is 6.07 Å². The lowest BCUT2D eigenvalue weighted by molar-refractivity contribution is 0.640. The van der Waals surface area contributed by atoms with E-state index in [0.29, 0.717) is 11.6 Å². The Bertz CT molecular complexity index is 1160. The molecule has 8 heteroatoms. The van der Waals surface area contributed by atoms with E-state index in [4.69, 9.17) is 0 Å². The van der Waals surface area contributed by atoms with Crippen molar-refractivity contribution in [3.63, 3.8) is 0 Å². The van der Waals surface area contributed by atoms with Crippen LogP contribution in [0.1, 0.15) is 0 Å². The second-order valence-corrected chi connectivity index (χ2v) is 6.78. The number of hydrogen-bond donors (Lipinski definition) is 2. The van der Waals surface area contributed by atoms with Gasteiger partial charge in [-0.05, 0) is 18.2 Å². The predicted molar refractivity (Wildman–Crippen MR) is 109 cm³/mol. The third kappa shape index (κ3) is 2.98. The summed E-state index contributed by atoms with van der Waals surface area (Å²) in [5, 5.41) is 8.35. The highest BCUT2D eigenvalue weighted by atomic mass is 16.1. The maximum absolute atomic E-state index is 12.2. The number of nitrogens with one attached hydrogen (secondary N) is 2. The summed E-state index contributed by atoms with van der Waals surface area (Å²) >= 11 is 0. The highest BCUT2D eigenvalue weighted by Crippen LogP contribution is 2.26. The molecule has 5 rings (SSSR count). The Morgan fingerprint density at radius 1 is 0.964 bits per heavy atom. The number of anilines is 2. The molecule has 1 aliphatic rings. The molecule has 1 aliphatic heterocycles. The molecule has 0 spiro atoms. The molecule has 0 radical (unpaired) electrons. The molecule has 0 saturated carbocycles. The van der Waals surface area contributed by atoms with Gasteiger partial charge in [0.05, 0.1) is 23.1 Å². The summed E-state index contributed by atoms with van der Waals surface area (Å²) in [5.41, 5.74) is 3.60. The van der Waals surface area contributed by atoms with Crippen LogP contribution in [-0.4, -0.2) is 51.3 Å². The molecule has 28 heavy (non-hydrogen) atoms. The van der Waals surface area contributed by atoms with Gasteiger partial charge in [0, 0.05) is 55.6 Å². The Balaban J connectivity index is 1.38. The number of aromatic nitrogens is 5. The second-order valence-electron chi connectivity index (χ2n) is 6.78. The molecule has 2 N–H and O–H groups in total. The monoisotopic (exact) mass is 373 g/mol. The molecule has 1 saturated heterocycles. The number of benzene rings is 1. The summed E-state index contributed by atoms with van der Waals surface area (Å²) in [6.07, 6.45) is 5.24. The second kappa shape index (κ2) is 6.80. The summed E-state index contributed by atoms with van der Waals surface area (Å²) in [7, 11) is 0. The van der Waals surface area contributed by atoms with E-state index in [1.54, 1.807) is 12.4 Å². The molecule has 1 aromatic carbocycles. The average Bonchev–Trinajstić information content (AvgIpc) is 3.23. The van der Waals surface area contributed by atoms with Gasteiger partial charge in [-0.15, -0.1) is 0 Å². The van der Waals surface area contributed by atoms with Crippen molar-refractivity contribution >= 4 is 22.5 Å². The Kier molecular flexibility index (Phi) is 4.01. The van der Waals surface area contributed by atoms with Gasteiger partial charge in [-0.3, -0.25) is 19.9 Å². The van der Waals surface area contributed by atoms with Crippen LogP contribution in [0, 0.1) is 0 Å². The van der Waals surface area contributed by atoms with Gasteiger partial charge in [0.15, 0.2) is 0 Å². The van der Waals surface area contributed by atoms with E-state index in [-0.39, 0.29) is 5.56 Å². The average molecular weight is 373 g/mol. The van der Waals surface area contributed by atoms with Crippen LogP contribution in [0.25, 0.3) is 22.2 Å². The molecule has 0 atom stereocenters. The summed E-state index contributed by atoms with van der Waals surface area (Å²) in [5.74, 6) is 0.610. The minimum Gasteiger partial charge on any atom is -0.366 e. The van der Waals surface area contributed by atoms with Crippen molar-refractivity contribution < 1.29 is 0 Å². The zero-order valence-electron chi connectivity index (χ0n) is 15.2. The van der Waals surface area contributed by atoms with Crippen LogP contribution in [0.2, 0.25) is 0 Å². The lowest BCUT2D eigenvalue weighted by atomic mass is 10.2. The molecule has 0 amide bonds. The number of H-pyrrole nitrogens is 2. The van der Waals surface area contributed by atoms with Crippen molar-refractivity contribution in [1.29, 1.82) is 0 Å². The van der Waals surface area contributed by atoms with Crippen molar-refractivity contribution in [3.8, 4) is 11.3 Å². The van der Waals surface area contributed by atoms with Gasteiger partial charge < -0.3 is 9.80 Å². The zero-order chi connectivity index (χ0) is 18.9. The van der Waals surface area contributed by atoms with Gasteiger partial charge in [-0.25, -0.2) is 4.98 Å². The van der Waals surface area contributed by atoms with Crippen LogP contribution in [-0.2, 0) is 0 Å². The minimum absolute atomic E-state index is 0.151. The van der Waals surface area contributed by atoms with E-state index in [9.17, 15) is 4.79 Å². The van der Waals surface area contributed by atoms with E-state index >= 15 is 0 Å². The number of para-hydroxylation sites is 1. The molecule has 1 fully saturated rings. The van der Waals surface area contributed by atoms with E-state index in [2.05, 4.69) is 53.1 Å². The summed E-state index contributed by atoms with van der Waals surface area (Å²) in [4.78, 5) is 28.2. The summed E-state index contributed by atoms with van der Waals surface area (Å²) in [6.45, 7) is 3.21. The van der Waals surface area contributed by atoms with Crippen LogP contribution >= 0.6 is 0 Å². The number of piperazine rings is 1. The minimum atomic E-state index is -0.151. The lowest BCUT2D eigenvalue weighted by Gasteiger charge is -2.36. The number of nitrogens with zero attached hydrogens (tertiary/aromatic N) is 5. The summed E-state index contributed by atoms with van der Waals surface area (Å²) < 4.78 is 0. The molecular weight excluding hydrogens is 354 g/mol. The first-order valence-electron chi connectivity index (χ1n) is 9.22. The normalized spacial score (nSPS) is 14.6. The first-order chi connectivity index (χ1) is 13.8. The summed E-state index contributed by atoms with van der Waals surface area (Å²) in [6, 6.07) is 11.5. The van der Waals surface area contributed by atoms with Crippen molar-refractivity contribution in [2.24, 2.45) is 0 Å². The first-order valence-corrected chi connectivity index (χ1v) is 9.22. The highest BCUT2D eigenvalue weighted by molar-refractivity contribution is 5.90. The molecule has 0 unspecified atom stereocenters. The quantitative estimate of drug-likeness (QED) is 0.571. The Labute approximate surface area is 160 Å². The fourth-order valence-electron chi connectivity index (χ4n) is 3.64. The van der Waals surface area contributed by atoms with Crippen molar-refractivity contribution in [1.82, 2.24) is 25.1 Å². The van der Waals surface area contributed by atoms with E-state index < -0.39 is 0 Å². The third-order valence-electron chi connectivity index (χ3n) is 5.08. The standard InChI is InChI=1S/C20H19N7O/c28-18-12-16(14-4-6-21-7-5-14)23-20(24-18)27-10-8-26(9-11-27)17-3-1-2-15-13-22-25-19(15)17/h1-7,12-13H,8-11H2,(H,22,25)(H,23,24,28).